The van der Waals surface area contributed by atoms with E-state index in [9.17, 15) is 97.4 Å². The highest BCUT2D eigenvalue weighted by atomic mass is 19.4. The molecule has 2 N–H and O–H groups in total. The largest absolute Gasteiger partial charge is 0.479 e. The number of carbonyl (C=O) groups is 2. The highest BCUT2D eigenvalue weighted by molar-refractivity contribution is 5.76. The van der Waals surface area contributed by atoms with Gasteiger partial charge >= 0.3 is 72.5 Å². The molecule has 8 nitrogen and oxygen atoms in total. The van der Waals surface area contributed by atoms with Gasteiger partial charge in [0, 0.05) is 0 Å². The van der Waals surface area contributed by atoms with Crippen LogP contribution < -0.4 is 0 Å². The maximum absolute atomic E-state index is 14.1. The molecular formula is C14H6F20O8. The molecule has 4 unspecified atom stereocenters. The lowest BCUT2D eigenvalue weighted by molar-refractivity contribution is -0.578. The van der Waals surface area contributed by atoms with Gasteiger partial charge in [0.15, 0.2) is 6.10 Å². The summed E-state index contributed by atoms with van der Waals surface area (Å²) in [6, 6.07) is 0. The smallest absolute Gasteiger partial charge is 0.460 e. The Kier molecular flexibility index (Phi) is 10.2. The number of carboxylic acids is 2. The number of hydrogen-bond donors (Lipinski definition) is 2. The molecule has 0 aromatic carbocycles. The van der Waals surface area contributed by atoms with Crippen LogP contribution in [0.25, 0.3) is 0 Å². The lowest BCUT2D eigenvalue weighted by Crippen LogP contribution is -2.69. The minimum absolute atomic E-state index is 0.200. The summed E-state index contributed by atoms with van der Waals surface area (Å²) in [6.45, 7) is -0.200. The Hall–Kier alpha value is -2.62. The Morgan fingerprint density at radius 2 is 0.810 bits per heavy atom. The topological polar surface area (TPSA) is 112 Å². The Morgan fingerprint density at radius 1 is 0.500 bits per heavy atom. The van der Waals surface area contributed by atoms with E-state index in [1.165, 1.54) is 14.2 Å². The Balaban J connectivity index is 7.01. The van der Waals surface area contributed by atoms with Gasteiger partial charge in [-0.25, -0.2) is 9.59 Å². The van der Waals surface area contributed by atoms with Crippen molar-refractivity contribution in [2.75, 3.05) is 0 Å². The first-order chi connectivity index (χ1) is 17.9. The molecule has 0 saturated heterocycles. The molecule has 0 rings (SSSR count). The molecule has 0 radical (unpaired) electrons. The first-order valence-corrected chi connectivity index (χ1v) is 8.92. The average Bonchev–Trinajstić information content (AvgIpc) is 2.69. The fraction of sp³-hybridized carbons (Fsp3) is 0.857. The highest BCUT2D eigenvalue weighted by Crippen LogP contribution is 2.57. The molecular weight excluding hydrogens is 676 g/mol. The normalized spacial score (nSPS) is 19.8. The third-order valence-electron chi connectivity index (χ3n) is 3.94. The van der Waals surface area contributed by atoms with Gasteiger partial charge in [-0.05, 0) is 6.92 Å². The number of alkyl halides is 20. The first-order valence-electron chi connectivity index (χ1n) is 8.92. The molecule has 0 aromatic rings. The molecule has 0 saturated carbocycles. The van der Waals surface area contributed by atoms with Crippen molar-refractivity contribution in [1.82, 2.24) is 0 Å². The summed E-state index contributed by atoms with van der Waals surface area (Å²) in [5.74, 6) is -30.7. The van der Waals surface area contributed by atoms with Gasteiger partial charge in [-0.2, -0.15) is 87.8 Å². The molecule has 0 aromatic heterocycles. The Morgan fingerprint density at radius 3 is 1.05 bits per heavy atom. The van der Waals surface area contributed by atoms with Crippen LogP contribution in [0.5, 0.6) is 0 Å². The molecule has 42 heavy (non-hydrogen) atoms. The maximum atomic E-state index is 14.1. The Bertz CT molecular complexity index is 1010. The number of rotatable bonds is 13. The van der Waals surface area contributed by atoms with Crippen LogP contribution in [0.1, 0.15) is 6.92 Å². The molecule has 0 amide bonds. The summed E-state index contributed by atoms with van der Waals surface area (Å²) >= 11 is 0. The minimum Gasteiger partial charge on any atom is -0.479 e. The summed E-state index contributed by atoms with van der Waals surface area (Å²) in [7, 11) is 0. The van der Waals surface area contributed by atoms with Crippen LogP contribution in [0.3, 0.4) is 0 Å². The molecule has 250 valence electrons. The number of hydrogen-bond acceptors (Lipinski definition) is 6. The lowest BCUT2D eigenvalue weighted by atomic mass is 10.2. The number of halogens is 20. The molecule has 4 atom stereocenters. The molecule has 0 aliphatic rings. The van der Waals surface area contributed by atoms with E-state index in [4.69, 9.17) is 10.2 Å². The molecule has 0 aliphatic heterocycles. The van der Waals surface area contributed by atoms with Crippen LogP contribution in [0.2, 0.25) is 0 Å². The van der Waals surface area contributed by atoms with Crippen LogP contribution >= 0.6 is 0 Å². The summed E-state index contributed by atoms with van der Waals surface area (Å²) in [5.41, 5.74) is 0. The number of ether oxygens (including phenoxy) is 4. The molecule has 0 heterocycles. The van der Waals surface area contributed by atoms with Crippen molar-refractivity contribution >= 4 is 11.9 Å². The second-order valence-electron chi connectivity index (χ2n) is 7.06. The van der Waals surface area contributed by atoms with Crippen molar-refractivity contribution in [3.8, 4) is 0 Å². The van der Waals surface area contributed by atoms with Gasteiger partial charge in [-0.3, -0.25) is 14.2 Å². The van der Waals surface area contributed by atoms with E-state index in [1.54, 1.807) is 0 Å². The van der Waals surface area contributed by atoms with Crippen molar-refractivity contribution in [1.29, 1.82) is 0 Å². The van der Waals surface area contributed by atoms with Gasteiger partial charge < -0.3 is 14.9 Å². The van der Waals surface area contributed by atoms with Crippen LogP contribution in [0, 0.1) is 0 Å². The van der Waals surface area contributed by atoms with E-state index in [1.807, 2.05) is 0 Å². The van der Waals surface area contributed by atoms with Gasteiger partial charge in [0.05, 0.1) is 0 Å². The quantitative estimate of drug-likeness (QED) is 0.240. The van der Waals surface area contributed by atoms with E-state index in [-0.39, 0.29) is 6.92 Å². The van der Waals surface area contributed by atoms with Crippen molar-refractivity contribution in [3.63, 3.8) is 0 Å². The lowest BCUT2D eigenvalue weighted by Gasteiger charge is -2.41. The molecule has 0 aliphatic carbocycles. The molecule has 0 spiro atoms. The number of aliphatic carboxylic acids is 2. The second-order valence-corrected chi connectivity index (χ2v) is 7.06. The van der Waals surface area contributed by atoms with E-state index >= 15 is 0 Å². The second kappa shape index (κ2) is 10.8. The summed E-state index contributed by atoms with van der Waals surface area (Å²) in [5, 5.41) is 16.2. The van der Waals surface area contributed by atoms with Gasteiger partial charge in [0.1, 0.15) is 0 Å². The molecule has 0 fully saturated rings. The zero-order valence-corrected chi connectivity index (χ0v) is 18.5. The van der Waals surface area contributed by atoms with E-state index in [2.05, 4.69) is 4.74 Å². The van der Waals surface area contributed by atoms with Crippen molar-refractivity contribution in [3.05, 3.63) is 0 Å². The van der Waals surface area contributed by atoms with Crippen molar-refractivity contribution in [2.45, 2.75) is 73.6 Å². The monoisotopic (exact) mass is 682 g/mol. The van der Waals surface area contributed by atoms with Gasteiger partial charge in [0.2, 0.25) is 0 Å². The minimum atomic E-state index is -8.41. The zero-order valence-electron chi connectivity index (χ0n) is 18.5. The van der Waals surface area contributed by atoms with Crippen molar-refractivity contribution < 1.29 is 127 Å². The standard InChI is InChI=1S/C14H6F20O8/c1-2(3(35)36)39-11(27,28)6(16,9(21,22)23)41-13(31,32)14(33,34)42-7(17,10(24,25)26)12(29,30)40-5(15,4(37)38)8(18,19)20/h2H,1H3,(H,35,36)(H,37,38). The van der Waals surface area contributed by atoms with Gasteiger partial charge in [-0.1, -0.05) is 0 Å². The zero-order chi connectivity index (χ0) is 34.6. The van der Waals surface area contributed by atoms with Crippen LogP contribution in [0.4, 0.5) is 87.8 Å². The molecule has 0 bridgehead atoms. The third kappa shape index (κ3) is 6.95. The maximum Gasteiger partial charge on any atom is 0.460 e. The summed E-state index contributed by atoms with van der Waals surface area (Å²) < 4.78 is 272. The van der Waals surface area contributed by atoms with Gasteiger partial charge in [0.25, 0.3) is 0 Å². The van der Waals surface area contributed by atoms with E-state index in [0.29, 0.717) is 0 Å². The predicted octanol–water partition coefficient (Wildman–Crippen LogP) is 5.67. The summed E-state index contributed by atoms with van der Waals surface area (Å²) in [4.78, 5) is 20.7. The fourth-order valence-electron chi connectivity index (χ4n) is 1.85. The van der Waals surface area contributed by atoms with Crippen molar-refractivity contribution in [2.24, 2.45) is 0 Å². The molecule has 28 heteroatoms. The average molecular weight is 682 g/mol. The third-order valence-corrected chi connectivity index (χ3v) is 3.94. The van der Waals surface area contributed by atoms with Crippen LogP contribution in [-0.4, -0.2) is 88.8 Å². The predicted molar refractivity (Wildman–Crippen MR) is 78.5 cm³/mol. The first kappa shape index (κ1) is 39.4. The van der Waals surface area contributed by atoms with Crippen LogP contribution in [0.15, 0.2) is 0 Å². The fourth-order valence-corrected chi connectivity index (χ4v) is 1.85. The SMILES string of the molecule is CC(OC(F)(F)C(F)(OC(F)(F)C(F)(F)OC(F)(C(F)(F)F)C(F)(F)OC(F)(C(=O)O)C(F)(F)F)C(F)(F)F)C(=O)O. The number of carboxylic acid groups (broad SMARTS) is 2. The van der Waals surface area contributed by atoms with Gasteiger partial charge in [-0.15, -0.1) is 0 Å². The highest BCUT2D eigenvalue weighted by Gasteiger charge is 2.86. The van der Waals surface area contributed by atoms with E-state index in [0.717, 1.165) is 0 Å². The summed E-state index contributed by atoms with van der Waals surface area (Å²) in [6.07, 6.45) is -59.1. The Labute approximate surface area is 213 Å². The van der Waals surface area contributed by atoms with E-state index < -0.39 is 78.6 Å². The van der Waals surface area contributed by atoms with Crippen LogP contribution in [-0.2, 0) is 28.5 Å².